The highest BCUT2D eigenvalue weighted by Crippen LogP contribution is 2.20. The third-order valence-electron chi connectivity index (χ3n) is 3.30. The van der Waals surface area contributed by atoms with Gasteiger partial charge in [0.2, 0.25) is 0 Å². The average Bonchev–Trinajstić information content (AvgIpc) is 2.07. The van der Waals surface area contributed by atoms with Gasteiger partial charge in [-0.25, -0.2) is 0 Å². The molecule has 0 heterocycles. The summed E-state index contributed by atoms with van der Waals surface area (Å²) in [4.78, 5) is 0. The molecule has 0 N–H and O–H groups in total. The van der Waals surface area contributed by atoms with Crippen molar-refractivity contribution in [2.45, 2.75) is 59.0 Å². The predicted molar refractivity (Wildman–Crippen MR) is 93.9 cm³/mol. The molecule has 0 rings (SSSR count). The molecule has 0 nitrogen and oxygen atoms in total. The van der Waals surface area contributed by atoms with E-state index in [-0.39, 0.29) is 0 Å². The van der Waals surface area contributed by atoms with Crippen molar-refractivity contribution in [2.75, 3.05) is 0 Å². The van der Waals surface area contributed by atoms with E-state index >= 15 is 0 Å². The van der Waals surface area contributed by atoms with Gasteiger partial charge in [-0.3, -0.25) is 0 Å². The molecular formula is C9H27B7. The summed E-state index contributed by atoms with van der Waals surface area (Å²) in [7, 11) is 8.37. The summed E-state index contributed by atoms with van der Waals surface area (Å²) in [6.07, 6.45) is 0.962. The Hall–Kier alpha value is 0.455. The number of rotatable bonds is 6. The van der Waals surface area contributed by atoms with Crippen LogP contribution in [0.5, 0.6) is 0 Å². The van der Waals surface area contributed by atoms with E-state index < -0.39 is 0 Å². The van der Waals surface area contributed by atoms with Crippen molar-refractivity contribution in [1.29, 1.82) is 0 Å². The molecule has 0 aliphatic carbocycles. The summed E-state index contributed by atoms with van der Waals surface area (Å²) in [6, 6.07) is 0. The van der Waals surface area contributed by atoms with Gasteiger partial charge in [-0.1, -0.05) is 59.0 Å². The SMILES string of the molecule is CBBB(BBC(C)(C)C)BBC(C)(C)C. The molecule has 0 aromatic rings. The second kappa shape index (κ2) is 7.01. The van der Waals surface area contributed by atoms with Crippen molar-refractivity contribution in [1.82, 2.24) is 0 Å². The van der Waals surface area contributed by atoms with Gasteiger partial charge in [-0.05, 0) is 0 Å². The van der Waals surface area contributed by atoms with Gasteiger partial charge < -0.3 is 0 Å². The quantitative estimate of drug-likeness (QED) is 0.534. The highest BCUT2D eigenvalue weighted by Gasteiger charge is 2.23. The lowest BCUT2D eigenvalue weighted by molar-refractivity contribution is 0.762. The lowest BCUT2D eigenvalue weighted by Crippen LogP contribution is -2.47. The standard InChI is InChI=1S/C9H27B7/c1-8(2,3)11-14-16(13-10-7)15-12-9(4,5)6/h10-15H,1-7H3. The Morgan fingerprint density at radius 2 is 1.06 bits per heavy atom. The zero-order chi connectivity index (χ0) is 12.8. The van der Waals surface area contributed by atoms with E-state index in [1.165, 1.54) is 42.7 Å². The highest BCUT2D eigenvalue weighted by molar-refractivity contribution is 7.79. The summed E-state index contributed by atoms with van der Waals surface area (Å²) in [6.45, 7) is 16.5. The summed E-state index contributed by atoms with van der Waals surface area (Å²) in [5.74, 6) is 0. The lowest BCUT2D eigenvalue weighted by Gasteiger charge is -2.21. The van der Waals surface area contributed by atoms with Gasteiger partial charge >= 0.3 is 0 Å². The van der Waals surface area contributed by atoms with Crippen molar-refractivity contribution >= 4 is 49.1 Å². The van der Waals surface area contributed by atoms with Crippen LogP contribution in [0.15, 0.2) is 0 Å². The molecule has 0 aliphatic rings. The summed E-state index contributed by atoms with van der Waals surface area (Å²) < 4.78 is 0. The Balaban J connectivity index is 3.98. The van der Waals surface area contributed by atoms with Crippen LogP contribution in [-0.4, -0.2) is 49.1 Å². The molecule has 0 aromatic carbocycles. The summed E-state index contributed by atoms with van der Waals surface area (Å²) in [5.41, 5.74) is 0. The van der Waals surface area contributed by atoms with E-state index in [1.54, 1.807) is 0 Å². The van der Waals surface area contributed by atoms with Crippen LogP contribution in [0.1, 0.15) is 41.5 Å². The van der Waals surface area contributed by atoms with Crippen LogP contribution in [-0.2, 0) is 0 Å². The van der Waals surface area contributed by atoms with Gasteiger partial charge in [-0.2, -0.15) is 0 Å². The van der Waals surface area contributed by atoms with Crippen LogP contribution in [0.4, 0.5) is 0 Å². The highest BCUT2D eigenvalue weighted by atomic mass is 13.9. The summed E-state index contributed by atoms with van der Waals surface area (Å²) in [5, 5.41) is 1.02. The first-order chi connectivity index (χ1) is 7.14. The normalized spacial score (nSPS) is 11.4. The fourth-order valence-corrected chi connectivity index (χ4v) is 2.12. The van der Waals surface area contributed by atoms with E-state index in [4.69, 9.17) is 0 Å². The maximum Gasteiger partial charge on any atom is 0.0840 e. The molecule has 0 bridgehead atoms. The molecule has 84 valence electrons. The molecule has 7 heteroatoms. The molecule has 0 saturated carbocycles. The van der Waals surface area contributed by atoms with Gasteiger partial charge in [-0.15, -0.1) is 0 Å². The number of hydrogen-bond acceptors (Lipinski definition) is 0. The maximum atomic E-state index is 2.36. The first-order valence-corrected chi connectivity index (χ1v) is 7.14. The Morgan fingerprint density at radius 1 is 0.688 bits per heavy atom. The lowest BCUT2D eigenvalue weighted by atomic mass is 8.76. The third-order valence-corrected chi connectivity index (χ3v) is 3.30. The van der Waals surface area contributed by atoms with Crippen molar-refractivity contribution in [2.24, 2.45) is 0 Å². The van der Waals surface area contributed by atoms with Crippen LogP contribution >= 0.6 is 0 Å². The first-order valence-electron chi connectivity index (χ1n) is 7.14. The van der Waals surface area contributed by atoms with Crippen LogP contribution in [0, 0.1) is 0 Å². The molecule has 0 aromatic heterocycles. The van der Waals surface area contributed by atoms with E-state index in [1.807, 2.05) is 0 Å². The zero-order valence-corrected chi connectivity index (χ0v) is 12.8. The minimum atomic E-state index is 0.508. The van der Waals surface area contributed by atoms with Crippen molar-refractivity contribution in [3.8, 4) is 0 Å². The van der Waals surface area contributed by atoms with Crippen LogP contribution in [0.2, 0.25) is 17.5 Å². The van der Waals surface area contributed by atoms with Gasteiger partial charge in [0.1, 0.15) is 0 Å². The van der Waals surface area contributed by atoms with Crippen LogP contribution in [0.25, 0.3) is 0 Å². The fraction of sp³-hybridized carbons (Fsp3) is 1.00. The second-order valence-corrected chi connectivity index (χ2v) is 7.85. The van der Waals surface area contributed by atoms with E-state index in [0.29, 0.717) is 10.6 Å². The summed E-state index contributed by atoms with van der Waals surface area (Å²) >= 11 is 0. The molecule has 0 unspecified atom stereocenters. The Bertz CT molecular complexity index is 163. The fourth-order valence-electron chi connectivity index (χ4n) is 2.12. The smallest absolute Gasteiger partial charge is 0.0840 e. The van der Waals surface area contributed by atoms with Gasteiger partial charge in [0.25, 0.3) is 0 Å². The first kappa shape index (κ1) is 16.5. The average molecular weight is 211 g/mol. The van der Waals surface area contributed by atoms with Crippen molar-refractivity contribution in [3.63, 3.8) is 0 Å². The minimum absolute atomic E-state index is 0.508. The molecule has 16 heavy (non-hydrogen) atoms. The number of hydrogen-bond donors (Lipinski definition) is 0. The van der Waals surface area contributed by atoms with Crippen molar-refractivity contribution in [3.05, 3.63) is 0 Å². The Labute approximate surface area is 108 Å². The molecule has 0 saturated heterocycles. The minimum Gasteiger partial charge on any atom is -0.0966 e. The molecule has 0 aliphatic heterocycles. The van der Waals surface area contributed by atoms with Crippen molar-refractivity contribution < 1.29 is 0 Å². The van der Waals surface area contributed by atoms with Crippen LogP contribution in [0.3, 0.4) is 0 Å². The molecule has 0 fully saturated rings. The molecular weight excluding hydrogens is 184 g/mol. The van der Waals surface area contributed by atoms with Crippen LogP contribution < -0.4 is 0 Å². The van der Waals surface area contributed by atoms with Gasteiger partial charge in [0, 0.05) is 27.6 Å². The third kappa shape index (κ3) is 11.0. The van der Waals surface area contributed by atoms with Gasteiger partial charge in [0.15, 0.2) is 0 Å². The van der Waals surface area contributed by atoms with E-state index in [2.05, 4.69) is 48.4 Å². The van der Waals surface area contributed by atoms with E-state index in [9.17, 15) is 0 Å². The Kier molecular flexibility index (Phi) is 7.21. The monoisotopic (exact) mass is 212 g/mol. The Morgan fingerprint density at radius 3 is 1.31 bits per heavy atom. The largest absolute Gasteiger partial charge is 0.0966 e. The topological polar surface area (TPSA) is 0 Å². The zero-order valence-electron chi connectivity index (χ0n) is 12.8. The van der Waals surface area contributed by atoms with Gasteiger partial charge in [0.05, 0.1) is 21.5 Å². The predicted octanol–water partition coefficient (Wildman–Crippen LogP) is -0.180. The second-order valence-electron chi connectivity index (χ2n) is 7.85. The van der Waals surface area contributed by atoms with E-state index in [0.717, 1.165) is 6.39 Å². The molecule has 0 atom stereocenters. The molecule has 0 spiro atoms. The molecule has 0 radical (unpaired) electrons. The maximum absolute atomic E-state index is 2.36. The molecule has 0 amide bonds.